The zero-order valence-corrected chi connectivity index (χ0v) is 10.9. The molecule has 1 aromatic carbocycles. The van der Waals surface area contributed by atoms with Gasteiger partial charge in [0.2, 0.25) is 0 Å². The van der Waals surface area contributed by atoms with E-state index in [9.17, 15) is 0 Å². The van der Waals surface area contributed by atoms with Crippen molar-refractivity contribution >= 4 is 0 Å². The number of nitrogens with one attached hydrogen (secondary N) is 1. The summed E-state index contributed by atoms with van der Waals surface area (Å²) in [5.41, 5.74) is 8.72. The monoisotopic (exact) mass is 232 g/mol. The van der Waals surface area contributed by atoms with Crippen LogP contribution in [0.1, 0.15) is 50.3 Å². The van der Waals surface area contributed by atoms with Gasteiger partial charge in [-0.3, -0.25) is 0 Å². The fourth-order valence-corrected chi connectivity index (χ4v) is 2.66. The molecule has 1 aliphatic carbocycles. The molecule has 0 spiro atoms. The van der Waals surface area contributed by atoms with Gasteiger partial charge in [0, 0.05) is 18.1 Å². The van der Waals surface area contributed by atoms with Gasteiger partial charge in [-0.2, -0.15) is 0 Å². The topological polar surface area (TPSA) is 38.0 Å². The molecule has 1 saturated carbocycles. The van der Waals surface area contributed by atoms with Crippen molar-refractivity contribution in [2.75, 3.05) is 0 Å². The minimum atomic E-state index is 0.405. The molecule has 1 aromatic rings. The Balaban J connectivity index is 1.92. The number of aryl methyl sites for hydroxylation is 1. The van der Waals surface area contributed by atoms with E-state index >= 15 is 0 Å². The van der Waals surface area contributed by atoms with Crippen LogP contribution >= 0.6 is 0 Å². The highest BCUT2D eigenvalue weighted by Crippen LogP contribution is 2.21. The molecule has 2 nitrogen and oxygen atoms in total. The lowest BCUT2D eigenvalue weighted by atomic mass is 10.0. The summed E-state index contributed by atoms with van der Waals surface area (Å²) in [6.45, 7) is 4.43. The van der Waals surface area contributed by atoms with Gasteiger partial charge in [0.05, 0.1) is 0 Å². The maximum Gasteiger partial charge on any atom is 0.0294 e. The highest BCUT2D eigenvalue weighted by atomic mass is 15.0. The predicted octanol–water partition coefficient (Wildman–Crippen LogP) is 2.78. The van der Waals surface area contributed by atoms with Crippen molar-refractivity contribution in [3.05, 3.63) is 35.4 Å². The molecule has 3 unspecified atom stereocenters. The van der Waals surface area contributed by atoms with Gasteiger partial charge < -0.3 is 11.1 Å². The molecule has 2 heteroatoms. The predicted molar refractivity (Wildman–Crippen MR) is 73.0 cm³/mol. The van der Waals surface area contributed by atoms with Gasteiger partial charge in [-0.25, -0.2) is 0 Å². The SMILES string of the molecule is CCc1ccc(C(C)NC2CCC(N)C2)cc1. The summed E-state index contributed by atoms with van der Waals surface area (Å²) in [4.78, 5) is 0. The number of hydrogen-bond acceptors (Lipinski definition) is 2. The molecule has 0 radical (unpaired) electrons. The molecule has 0 aromatic heterocycles. The van der Waals surface area contributed by atoms with E-state index in [0.29, 0.717) is 18.1 Å². The van der Waals surface area contributed by atoms with E-state index in [1.807, 2.05) is 0 Å². The Labute approximate surface area is 105 Å². The first-order chi connectivity index (χ1) is 8.19. The third kappa shape index (κ3) is 3.30. The number of hydrogen-bond donors (Lipinski definition) is 2. The van der Waals surface area contributed by atoms with Gasteiger partial charge in [-0.05, 0) is 43.7 Å². The Morgan fingerprint density at radius 1 is 1.29 bits per heavy atom. The summed E-state index contributed by atoms with van der Waals surface area (Å²) in [6.07, 6.45) is 4.62. The number of rotatable bonds is 4. The minimum Gasteiger partial charge on any atom is -0.328 e. The standard InChI is InChI=1S/C15H24N2/c1-3-12-4-6-13(7-5-12)11(2)17-15-9-8-14(16)10-15/h4-7,11,14-15,17H,3,8-10,16H2,1-2H3. The van der Waals surface area contributed by atoms with Crippen molar-refractivity contribution in [1.82, 2.24) is 5.32 Å². The Morgan fingerprint density at radius 2 is 2.00 bits per heavy atom. The van der Waals surface area contributed by atoms with E-state index in [-0.39, 0.29) is 0 Å². The highest BCUT2D eigenvalue weighted by Gasteiger charge is 2.22. The summed E-state index contributed by atoms with van der Waals surface area (Å²) in [5, 5.41) is 3.68. The van der Waals surface area contributed by atoms with Gasteiger partial charge in [-0.15, -0.1) is 0 Å². The largest absolute Gasteiger partial charge is 0.328 e. The molecule has 0 amide bonds. The van der Waals surface area contributed by atoms with Gasteiger partial charge in [0.25, 0.3) is 0 Å². The van der Waals surface area contributed by atoms with E-state index in [4.69, 9.17) is 5.73 Å². The fraction of sp³-hybridized carbons (Fsp3) is 0.600. The first kappa shape index (κ1) is 12.6. The van der Waals surface area contributed by atoms with Crippen LogP contribution in [-0.4, -0.2) is 12.1 Å². The van der Waals surface area contributed by atoms with Crippen molar-refractivity contribution < 1.29 is 0 Å². The van der Waals surface area contributed by atoms with Gasteiger partial charge >= 0.3 is 0 Å². The Morgan fingerprint density at radius 3 is 2.53 bits per heavy atom. The molecule has 3 N–H and O–H groups in total. The Bertz CT molecular complexity index is 344. The number of benzene rings is 1. The summed E-state index contributed by atoms with van der Waals surface area (Å²) in [6, 6.07) is 10.4. The highest BCUT2D eigenvalue weighted by molar-refractivity contribution is 5.24. The quantitative estimate of drug-likeness (QED) is 0.837. The molecule has 2 rings (SSSR count). The summed E-state index contributed by atoms with van der Waals surface area (Å²) in [7, 11) is 0. The van der Waals surface area contributed by atoms with Crippen LogP contribution in [0, 0.1) is 0 Å². The Kier molecular flexibility index (Phi) is 4.19. The second kappa shape index (κ2) is 5.65. The maximum absolute atomic E-state index is 5.94. The Hall–Kier alpha value is -0.860. The first-order valence-corrected chi connectivity index (χ1v) is 6.79. The van der Waals surface area contributed by atoms with Gasteiger partial charge in [0.1, 0.15) is 0 Å². The third-order valence-electron chi connectivity index (χ3n) is 3.85. The van der Waals surface area contributed by atoms with E-state index in [1.54, 1.807) is 0 Å². The zero-order chi connectivity index (χ0) is 12.3. The third-order valence-corrected chi connectivity index (χ3v) is 3.85. The van der Waals surface area contributed by atoms with Crippen LogP contribution in [0.2, 0.25) is 0 Å². The van der Waals surface area contributed by atoms with Gasteiger partial charge in [0.15, 0.2) is 0 Å². The van der Waals surface area contributed by atoms with Crippen molar-refractivity contribution in [1.29, 1.82) is 0 Å². The van der Waals surface area contributed by atoms with Crippen LogP contribution in [0.4, 0.5) is 0 Å². The molecule has 17 heavy (non-hydrogen) atoms. The van der Waals surface area contributed by atoms with E-state index in [1.165, 1.54) is 24.0 Å². The smallest absolute Gasteiger partial charge is 0.0294 e. The lowest BCUT2D eigenvalue weighted by Crippen LogP contribution is -2.30. The van der Waals surface area contributed by atoms with Crippen LogP contribution in [0.5, 0.6) is 0 Å². The molecule has 0 aliphatic heterocycles. The van der Waals surface area contributed by atoms with Crippen molar-refractivity contribution in [3.63, 3.8) is 0 Å². The normalized spacial score (nSPS) is 26.1. The molecular weight excluding hydrogens is 208 g/mol. The molecule has 3 atom stereocenters. The molecule has 94 valence electrons. The number of nitrogens with two attached hydrogens (primary N) is 1. The van der Waals surface area contributed by atoms with E-state index in [0.717, 1.165) is 12.8 Å². The van der Waals surface area contributed by atoms with Crippen molar-refractivity contribution in [2.24, 2.45) is 5.73 Å². The average molecular weight is 232 g/mol. The summed E-state index contributed by atoms with van der Waals surface area (Å²) >= 11 is 0. The first-order valence-electron chi connectivity index (χ1n) is 6.79. The lowest BCUT2D eigenvalue weighted by molar-refractivity contribution is 0.457. The van der Waals surface area contributed by atoms with Crippen LogP contribution in [0.25, 0.3) is 0 Å². The van der Waals surface area contributed by atoms with Crippen LogP contribution in [0.3, 0.4) is 0 Å². The van der Waals surface area contributed by atoms with Crippen LogP contribution in [0.15, 0.2) is 24.3 Å². The second-order valence-electron chi connectivity index (χ2n) is 5.25. The van der Waals surface area contributed by atoms with E-state index < -0.39 is 0 Å². The van der Waals surface area contributed by atoms with Crippen molar-refractivity contribution in [3.8, 4) is 0 Å². The molecule has 1 aliphatic rings. The average Bonchev–Trinajstić information content (AvgIpc) is 2.75. The van der Waals surface area contributed by atoms with Crippen LogP contribution < -0.4 is 11.1 Å². The molecule has 0 saturated heterocycles. The fourth-order valence-electron chi connectivity index (χ4n) is 2.66. The van der Waals surface area contributed by atoms with E-state index in [2.05, 4.69) is 43.4 Å². The molecule has 0 heterocycles. The van der Waals surface area contributed by atoms with Gasteiger partial charge in [-0.1, -0.05) is 31.2 Å². The lowest BCUT2D eigenvalue weighted by Gasteiger charge is -2.20. The maximum atomic E-state index is 5.94. The second-order valence-corrected chi connectivity index (χ2v) is 5.25. The minimum absolute atomic E-state index is 0.405. The zero-order valence-electron chi connectivity index (χ0n) is 10.9. The van der Waals surface area contributed by atoms with Crippen LogP contribution in [-0.2, 0) is 6.42 Å². The molecular formula is C15H24N2. The molecule has 0 bridgehead atoms. The molecule has 1 fully saturated rings. The van der Waals surface area contributed by atoms with Crippen molar-refractivity contribution in [2.45, 2.75) is 57.7 Å². The summed E-state index contributed by atoms with van der Waals surface area (Å²) < 4.78 is 0. The summed E-state index contributed by atoms with van der Waals surface area (Å²) in [5.74, 6) is 0.